The van der Waals surface area contributed by atoms with E-state index in [4.69, 9.17) is 15.6 Å². The highest BCUT2D eigenvalue weighted by Crippen LogP contribution is 2.15. The summed E-state index contributed by atoms with van der Waals surface area (Å²) in [6.45, 7) is 4.94. The van der Waals surface area contributed by atoms with Crippen LogP contribution in [0.3, 0.4) is 0 Å². The van der Waals surface area contributed by atoms with Crippen LogP contribution in [0.5, 0.6) is 0 Å². The minimum Gasteiger partial charge on any atom is -0.394 e. The smallest absolute Gasteiger partial charge is 0.242 e. The molecule has 3 N–H and O–H groups in total. The number of carbonyl (C=O) groups excluding carboxylic acids is 1. The Morgan fingerprint density at radius 2 is 2.40 bits per heavy atom. The maximum atomic E-state index is 12.1. The average Bonchev–Trinajstić information content (AvgIpc) is 2.28. The summed E-state index contributed by atoms with van der Waals surface area (Å²) in [5.74, 6) is -0.104. The van der Waals surface area contributed by atoms with Crippen molar-refractivity contribution in [2.45, 2.75) is 31.8 Å². The van der Waals surface area contributed by atoms with E-state index >= 15 is 0 Å². The molecule has 0 spiro atoms. The predicted octanol–water partition coefficient (Wildman–Crippen LogP) is -0.666. The SMILES string of the molecule is CCC(C)(N)C(=O)N1CCOCC1CO. The van der Waals surface area contributed by atoms with Crippen LogP contribution in [-0.2, 0) is 9.53 Å². The third kappa shape index (κ3) is 2.68. The number of nitrogens with zero attached hydrogens (tertiary/aromatic N) is 1. The molecular weight excluding hydrogens is 196 g/mol. The van der Waals surface area contributed by atoms with E-state index < -0.39 is 5.54 Å². The quantitative estimate of drug-likeness (QED) is 0.656. The number of aliphatic hydroxyl groups is 1. The second-order valence-corrected chi connectivity index (χ2v) is 4.18. The van der Waals surface area contributed by atoms with Gasteiger partial charge in [0, 0.05) is 6.54 Å². The number of nitrogens with two attached hydrogens (primary N) is 1. The number of morpholine rings is 1. The van der Waals surface area contributed by atoms with Gasteiger partial charge < -0.3 is 20.5 Å². The summed E-state index contributed by atoms with van der Waals surface area (Å²) in [7, 11) is 0. The molecule has 0 aliphatic carbocycles. The van der Waals surface area contributed by atoms with Gasteiger partial charge in [0.2, 0.25) is 5.91 Å². The molecule has 1 amide bonds. The van der Waals surface area contributed by atoms with Gasteiger partial charge >= 0.3 is 0 Å². The van der Waals surface area contributed by atoms with Gasteiger partial charge in [-0.1, -0.05) is 6.92 Å². The lowest BCUT2D eigenvalue weighted by molar-refractivity contribution is -0.147. The van der Waals surface area contributed by atoms with Gasteiger partial charge in [-0.2, -0.15) is 0 Å². The van der Waals surface area contributed by atoms with Gasteiger partial charge in [-0.25, -0.2) is 0 Å². The van der Waals surface area contributed by atoms with E-state index in [-0.39, 0.29) is 18.6 Å². The third-order valence-corrected chi connectivity index (χ3v) is 2.92. The average molecular weight is 216 g/mol. The molecule has 1 rings (SSSR count). The van der Waals surface area contributed by atoms with Gasteiger partial charge in [0.25, 0.3) is 0 Å². The summed E-state index contributed by atoms with van der Waals surface area (Å²) in [5.41, 5.74) is 5.05. The van der Waals surface area contributed by atoms with Gasteiger partial charge in [-0.3, -0.25) is 4.79 Å². The standard InChI is InChI=1S/C10H20N2O3/c1-3-10(2,11)9(14)12-4-5-15-7-8(12)6-13/h8,13H,3-7,11H2,1-2H3. The zero-order valence-corrected chi connectivity index (χ0v) is 9.40. The molecule has 5 nitrogen and oxygen atoms in total. The van der Waals surface area contributed by atoms with Crippen LogP contribution >= 0.6 is 0 Å². The molecule has 2 atom stereocenters. The van der Waals surface area contributed by atoms with Crippen LogP contribution in [0.25, 0.3) is 0 Å². The molecule has 5 heteroatoms. The van der Waals surface area contributed by atoms with Crippen molar-refractivity contribution < 1.29 is 14.6 Å². The molecule has 1 aliphatic rings. The zero-order valence-electron chi connectivity index (χ0n) is 9.40. The number of hydrogen-bond acceptors (Lipinski definition) is 4. The van der Waals surface area contributed by atoms with E-state index in [1.165, 1.54) is 0 Å². The van der Waals surface area contributed by atoms with Gasteiger partial charge in [0.15, 0.2) is 0 Å². The molecule has 0 saturated carbocycles. The first-order valence-corrected chi connectivity index (χ1v) is 5.31. The second kappa shape index (κ2) is 4.92. The summed E-state index contributed by atoms with van der Waals surface area (Å²) < 4.78 is 5.20. The lowest BCUT2D eigenvalue weighted by atomic mass is 9.97. The van der Waals surface area contributed by atoms with Gasteiger partial charge in [0.1, 0.15) is 0 Å². The molecule has 0 bridgehead atoms. The molecule has 15 heavy (non-hydrogen) atoms. The minimum absolute atomic E-state index is 0.0778. The van der Waals surface area contributed by atoms with Gasteiger partial charge in [0.05, 0.1) is 31.4 Å². The molecule has 1 heterocycles. The van der Waals surface area contributed by atoms with Gasteiger partial charge in [-0.05, 0) is 13.3 Å². The first-order valence-electron chi connectivity index (χ1n) is 5.31. The molecule has 0 radical (unpaired) electrons. The molecule has 88 valence electrons. The number of carbonyl (C=O) groups is 1. The Balaban J connectivity index is 2.72. The Morgan fingerprint density at radius 3 is 2.93 bits per heavy atom. The summed E-state index contributed by atoms with van der Waals surface area (Å²) in [5, 5.41) is 9.13. The fourth-order valence-corrected chi connectivity index (χ4v) is 1.55. The topological polar surface area (TPSA) is 75.8 Å². The van der Waals surface area contributed by atoms with Crippen LogP contribution in [0.2, 0.25) is 0 Å². The largest absolute Gasteiger partial charge is 0.394 e. The van der Waals surface area contributed by atoms with E-state index in [1.54, 1.807) is 11.8 Å². The maximum absolute atomic E-state index is 12.1. The number of rotatable bonds is 3. The highest BCUT2D eigenvalue weighted by molar-refractivity contribution is 5.86. The summed E-state index contributed by atoms with van der Waals surface area (Å²) in [6, 6.07) is -0.249. The monoisotopic (exact) mass is 216 g/mol. The normalized spacial score (nSPS) is 26.1. The van der Waals surface area contributed by atoms with Crippen molar-refractivity contribution in [3.8, 4) is 0 Å². The highest BCUT2D eigenvalue weighted by atomic mass is 16.5. The summed E-state index contributed by atoms with van der Waals surface area (Å²) in [4.78, 5) is 13.7. The predicted molar refractivity (Wildman–Crippen MR) is 56.3 cm³/mol. The number of ether oxygens (including phenoxy) is 1. The number of hydrogen-bond donors (Lipinski definition) is 2. The molecule has 1 fully saturated rings. The van der Waals surface area contributed by atoms with Crippen LogP contribution in [0.15, 0.2) is 0 Å². The van der Waals surface area contributed by atoms with E-state index in [2.05, 4.69) is 0 Å². The third-order valence-electron chi connectivity index (χ3n) is 2.92. The maximum Gasteiger partial charge on any atom is 0.242 e. The summed E-state index contributed by atoms with van der Waals surface area (Å²) in [6.07, 6.45) is 0.585. The molecular formula is C10H20N2O3. The van der Waals surface area contributed by atoms with Crippen molar-refractivity contribution in [2.24, 2.45) is 5.73 Å². The molecule has 0 aromatic rings. The molecule has 0 aromatic heterocycles. The zero-order chi connectivity index (χ0) is 11.5. The first kappa shape index (κ1) is 12.4. The lowest BCUT2D eigenvalue weighted by Crippen LogP contribution is -2.60. The Kier molecular flexibility index (Phi) is 4.07. The van der Waals surface area contributed by atoms with Gasteiger partial charge in [-0.15, -0.1) is 0 Å². The fraction of sp³-hybridized carbons (Fsp3) is 0.900. The first-order chi connectivity index (χ1) is 7.03. The van der Waals surface area contributed by atoms with Crippen LogP contribution in [-0.4, -0.2) is 53.9 Å². The van der Waals surface area contributed by atoms with E-state index in [0.717, 1.165) is 0 Å². The van der Waals surface area contributed by atoms with Crippen LogP contribution in [0.4, 0.5) is 0 Å². The van der Waals surface area contributed by atoms with Crippen LogP contribution in [0, 0.1) is 0 Å². The molecule has 0 aromatic carbocycles. The number of aliphatic hydroxyl groups excluding tert-OH is 1. The molecule has 1 saturated heterocycles. The van der Waals surface area contributed by atoms with E-state index in [9.17, 15) is 4.79 Å². The Hall–Kier alpha value is -0.650. The van der Waals surface area contributed by atoms with Crippen molar-refractivity contribution in [3.63, 3.8) is 0 Å². The van der Waals surface area contributed by atoms with Crippen molar-refractivity contribution in [1.29, 1.82) is 0 Å². The lowest BCUT2D eigenvalue weighted by Gasteiger charge is -2.38. The van der Waals surface area contributed by atoms with Crippen molar-refractivity contribution >= 4 is 5.91 Å². The van der Waals surface area contributed by atoms with Crippen molar-refractivity contribution in [2.75, 3.05) is 26.4 Å². The minimum atomic E-state index is -0.842. The summed E-state index contributed by atoms with van der Waals surface area (Å²) >= 11 is 0. The van der Waals surface area contributed by atoms with Crippen LogP contribution in [0.1, 0.15) is 20.3 Å². The van der Waals surface area contributed by atoms with Crippen molar-refractivity contribution in [3.05, 3.63) is 0 Å². The van der Waals surface area contributed by atoms with Crippen LogP contribution < -0.4 is 5.73 Å². The van der Waals surface area contributed by atoms with Crippen molar-refractivity contribution in [1.82, 2.24) is 4.90 Å². The Bertz CT molecular complexity index is 231. The van der Waals surface area contributed by atoms with E-state index in [0.29, 0.717) is 26.2 Å². The Labute approximate surface area is 90.2 Å². The Morgan fingerprint density at radius 1 is 1.73 bits per heavy atom. The second-order valence-electron chi connectivity index (χ2n) is 4.18. The highest BCUT2D eigenvalue weighted by Gasteiger charge is 2.35. The number of amides is 1. The van der Waals surface area contributed by atoms with E-state index in [1.807, 2.05) is 6.92 Å². The fourth-order valence-electron chi connectivity index (χ4n) is 1.55. The molecule has 1 aliphatic heterocycles. The molecule has 2 unspecified atom stereocenters.